The molecule has 0 spiro atoms. The van der Waals surface area contributed by atoms with Crippen LogP contribution in [0.1, 0.15) is 11.1 Å². The number of rotatable bonds is 2. The number of halogens is 1. The lowest BCUT2D eigenvalue weighted by Crippen LogP contribution is -1.98. The first-order valence-corrected chi connectivity index (χ1v) is 5.57. The van der Waals surface area contributed by atoms with Crippen LogP contribution in [0, 0.1) is 5.82 Å². The normalized spacial score (nSPS) is 16.1. The number of anilines is 1. The van der Waals surface area contributed by atoms with E-state index < -0.39 is 16.9 Å². The third kappa shape index (κ3) is 1.78. The van der Waals surface area contributed by atoms with E-state index in [1.807, 2.05) is 0 Å². The van der Waals surface area contributed by atoms with Crippen LogP contribution in [0.4, 0.5) is 10.1 Å². The monoisotopic (exact) mass is 215 g/mol. The van der Waals surface area contributed by atoms with Gasteiger partial charge in [-0.2, -0.15) is 0 Å². The smallest absolute Gasteiger partial charge is 0.157 e. The molecule has 0 fully saturated rings. The maximum absolute atomic E-state index is 13.3. The van der Waals surface area contributed by atoms with Crippen LogP contribution in [0.2, 0.25) is 0 Å². The fourth-order valence-corrected chi connectivity index (χ4v) is 2.10. The summed E-state index contributed by atoms with van der Waals surface area (Å²) in [6, 6.07) is 3.06. The molecule has 0 saturated heterocycles. The van der Waals surface area contributed by atoms with Crippen LogP contribution < -0.4 is 5.32 Å². The second-order valence-electron chi connectivity index (χ2n) is 3.24. The summed E-state index contributed by atoms with van der Waals surface area (Å²) in [5.74, 6) is -0.556. The van der Waals surface area contributed by atoms with Gasteiger partial charge in [-0.1, -0.05) is 0 Å². The predicted octanol–water partition coefficient (Wildman–Crippen LogP) is 1.52. The van der Waals surface area contributed by atoms with E-state index in [0.717, 1.165) is 24.2 Å². The average molecular weight is 215 g/mol. The van der Waals surface area contributed by atoms with Gasteiger partial charge in [-0.25, -0.2) is 8.60 Å². The number of fused-ring (bicyclic) bond motifs is 1. The van der Waals surface area contributed by atoms with Crippen molar-refractivity contribution in [3.05, 3.63) is 29.1 Å². The Kier molecular flexibility index (Phi) is 2.52. The van der Waals surface area contributed by atoms with E-state index in [1.165, 1.54) is 6.07 Å². The van der Waals surface area contributed by atoms with Gasteiger partial charge in [-0.05, 0) is 24.1 Å². The van der Waals surface area contributed by atoms with Gasteiger partial charge in [0, 0.05) is 17.8 Å². The summed E-state index contributed by atoms with van der Waals surface area (Å²) in [6.45, 7) is 0.806. The Morgan fingerprint density at radius 1 is 1.57 bits per heavy atom. The van der Waals surface area contributed by atoms with E-state index in [9.17, 15) is 8.60 Å². The van der Waals surface area contributed by atoms with Gasteiger partial charge in [0.05, 0.1) is 5.75 Å². The van der Waals surface area contributed by atoms with Gasteiger partial charge in [0.1, 0.15) is 5.82 Å². The van der Waals surface area contributed by atoms with Gasteiger partial charge in [0.15, 0.2) is 11.1 Å². The van der Waals surface area contributed by atoms with Crippen molar-refractivity contribution in [1.29, 1.82) is 0 Å². The number of benzene rings is 1. The zero-order valence-electron chi connectivity index (χ0n) is 7.42. The van der Waals surface area contributed by atoms with Crippen molar-refractivity contribution in [3.63, 3.8) is 0 Å². The van der Waals surface area contributed by atoms with Crippen LogP contribution in [0.15, 0.2) is 12.1 Å². The highest BCUT2D eigenvalue weighted by atomic mass is 32.2. The van der Waals surface area contributed by atoms with Crippen LogP contribution in [0.3, 0.4) is 0 Å². The molecule has 2 rings (SSSR count). The molecule has 0 bridgehead atoms. The fourth-order valence-electron chi connectivity index (χ4n) is 1.62. The van der Waals surface area contributed by atoms with Crippen LogP contribution in [-0.2, 0) is 23.3 Å². The Bertz CT molecular complexity index is 395. The largest absolute Gasteiger partial charge is 0.384 e. The average Bonchev–Trinajstić information content (AvgIpc) is 2.51. The number of hydrogen-bond donors (Lipinski definition) is 2. The first-order chi connectivity index (χ1) is 6.66. The van der Waals surface area contributed by atoms with Gasteiger partial charge in [0.25, 0.3) is 0 Å². The van der Waals surface area contributed by atoms with E-state index in [2.05, 4.69) is 5.32 Å². The number of nitrogens with one attached hydrogen (secondary N) is 1. The lowest BCUT2D eigenvalue weighted by atomic mass is 10.1. The SMILES string of the molecule is O=S(O)Cc1cc2c(cc1F)NCC2. The van der Waals surface area contributed by atoms with Gasteiger partial charge in [-0.3, -0.25) is 0 Å². The van der Waals surface area contributed by atoms with E-state index in [0.29, 0.717) is 5.56 Å². The summed E-state index contributed by atoms with van der Waals surface area (Å²) in [6.07, 6.45) is 0.848. The summed E-state index contributed by atoms with van der Waals surface area (Å²) >= 11 is -1.98. The second kappa shape index (κ2) is 3.67. The molecule has 3 nitrogen and oxygen atoms in total. The van der Waals surface area contributed by atoms with E-state index in [-0.39, 0.29) is 5.75 Å². The Morgan fingerprint density at radius 2 is 2.36 bits per heavy atom. The molecule has 14 heavy (non-hydrogen) atoms. The molecule has 1 atom stereocenters. The first kappa shape index (κ1) is 9.61. The van der Waals surface area contributed by atoms with Crippen molar-refractivity contribution >= 4 is 16.8 Å². The first-order valence-electron chi connectivity index (χ1n) is 4.29. The fraction of sp³-hybridized carbons (Fsp3) is 0.333. The molecule has 0 aromatic heterocycles. The third-order valence-corrected chi connectivity index (χ3v) is 2.82. The molecule has 1 aliphatic heterocycles. The summed E-state index contributed by atoms with van der Waals surface area (Å²) in [5.41, 5.74) is 2.13. The highest BCUT2D eigenvalue weighted by molar-refractivity contribution is 7.78. The maximum atomic E-state index is 13.3. The minimum Gasteiger partial charge on any atom is -0.384 e. The van der Waals surface area contributed by atoms with Crippen LogP contribution >= 0.6 is 0 Å². The van der Waals surface area contributed by atoms with Crippen LogP contribution in [-0.4, -0.2) is 15.3 Å². The molecule has 1 heterocycles. The quantitative estimate of drug-likeness (QED) is 0.735. The second-order valence-corrected chi connectivity index (χ2v) is 4.18. The summed E-state index contributed by atoms with van der Waals surface area (Å²) in [4.78, 5) is 0. The molecule has 5 heteroatoms. The molecular formula is C9H10FNO2S. The van der Waals surface area contributed by atoms with Gasteiger partial charge in [-0.15, -0.1) is 0 Å². The Balaban J connectivity index is 2.37. The van der Waals surface area contributed by atoms with Crippen molar-refractivity contribution in [2.75, 3.05) is 11.9 Å². The molecule has 0 radical (unpaired) electrons. The maximum Gasteiger partial charge on any atom is 0.157 e. The van der Waals surface area contributed by atoms with Crippen molar-refractivity contribution < 1.29 is 13.2 Å². The zero-order chi connectivity index (χ0) is 10.1. The molecule has 76 valence electrons. The lowest BCUT2D eigenvalue weighted by Gasteiger charge is -2.04. The van der Waals surface area contributed by atoms with E-state index in [1.54, 1.807) is 6.07 Å². The predicted molar refractivity (Wildman–Crippen MR) is 53.1 cm³/mol. The molecule has 2 N–H and O–H groups in total. The molecule has 0 amide bonds. The molecule has 0 aliphatic carbocycles. The molecule has 0 saturated carbocycles. The molecule has 1 aromatic carbocycles. The van der Waals surface area contributed by atoms with Crippen LogP contribution in [0.5, 0.6) is 0 Å². The van der Waals surface area contributed by atoms with Crippen molar-refractivity contribution in [1.82, 2.24) is 0 Å². The molecule has 1 aromatic rings. The Hall–Kier alpha value is -0.940. The van der Waals surface area contributed by atoms with Crippen molar-refractivity contribution in [3.8, 4) is 0 Å². The van der Waals surface area contributed by atoms with Crippen molar-refractivity contribution in [2.45, 2.75) is 12.2 Å². The van der Waals surface area contributed by atoms with Gasteiger partial charge in [0.2, 0.25) is 0 Å². The number of hydrogen-bond acceptors (Lipinski definition) is 2. The van der Waals surface area contributed by atoms with Crippen molar-refractivity contribution in [2.24, 2.45) is 0 Å². The summed E-state index contributed by atoms with van der Waals surface area (Å²) in [7, 11) is 0. The van der Waals surface area contributed by atoms with Crippen LogP contribution in [0.25, 0.3) is 0 Å². The van der Waals surface area contributed by atoms with Gasteiger partial charge >= 0.3 is 0 Å². The van der Waals surface area contributed by atoms with Gasteiger partial charge < -0.3 is 9.87 Å². The third-order valence-electron chi connectivity index (χ3n) is 2.26. The minimum absolute atomic E-state index is 0.140. The standard InChI is InChI=1S/C9H10FNO2S/c10-8-4-9-6(1-2-11-9)3-7(8)5-14(12)13/h3-4,11H,1-2,5H2,(H,12,13). The zero-order valence-corrected chi connectivity index (χ0v) is 8.23. The molecule has 1 aliphatic rings. The minimum atomic E-state index is -1.98. The highest BCUT2D eigenvalue weighted by Crippen LogP contribution is 2.25. The summed E-state index contributed by atoms with van der Waals surface area (Å²) in [5, 5.41) is 3.04. The molecule has 1 unspecified atom stereocenters. The molecular weight excluding hydrogens is 205 g/mol. The Labute approximate surface area is 83.6 Å². The van der Waals surface area contributed by atoms with E-state index in [4.69, 9.17) is 4.55 Å². The summed E-state index contributed by atoms with van der Waals surface area (Å²) < 4.78 is 32.5. The topological polar surface area (TPSA) is 49.3 Å². The highest BCUT2D eigenvalue weighted by Gasteiger charge is 2.14. The Morgan fingerprint density at radius 3 is 3.07 bits per heavy atom. The lowest BCUT2D eigenvalue weighted by molar-refractivity contribution is 0.559. The van der Waals surface area contributed by atoms with E-state index >= 15 is 0 Å².